The second-order valence-corrected chi connectivity index (χ2v) is 10.5. The summed E-state index contributed by atoms with van der Waals surface area (Å²) in [6, 6.07) is 10.0. The molecule has 3 rings (SSSR count). The van der Waals surface area contributed by atoms with E-state index in [0.29, 0.717) is 11.7 Å². The maximum Gasteiger partial charge on any atom is 0.246 e. The Bertz CT molecular complexity index is 757. The molecule has 0 bridgehead atoms. The molecule has 2 aliphatic heterocycles. The molecular formula is C25H37N3O2S. The molecule has 0 saturated carbocycles. The molecular weight excluding hydrogens is 406 g/mol. The molecule has 0 radical (unpaired) electrons. The summed E-state index contributed by atoms with van der Waals surface area (Å²) >= 11 is 1.77. The Kier molecular flexibility index (Phi) is 8.61. The van der Waals surface area contributed by atoms with Gasteiger partial charge in [-0.25, -0.2) is 0 Å². The van der Waals surface area contributed by atoms with Crippen LogP contribution in [0.1, 0.15) is 39.7 Å². The third kappa shape index (κ3) is 6.36. The van der Waals surface area contributed by atoms with Crippen LogP contribution in [0.25, 0.3) is 6.08 Å². The van der Waals surface area contributed by atoms with E-state index in [1.165, 1.54) is 5.56 Å². The Morgan fingerprint density at radius 3 is 2.35 bits per heavy atom. The number of amides is 2. The van der Waals surface area contributed by atoms with Crippen LogP contribution in [0.5, 0.6) is 0 Å². The number of benzene rings is 1. The van der Waals surface area contributed by atoms with Gasteiger partial charge in [-0.2, -0.15) is 0 Å². The molecule has 2 amide bonds. The lowest BCUT2D eigenvalue weighted by Crippen LogP contribution is -2.56. The number of rotatable bonds is 7. The molecule has 2 fully saturated rings. The van der Waals surface area contributed by atoms with Gasteiger partial charge in [0.25, 0.3) is 0 Å². The van der Waals surface area contributed by atoms with Gasteiger partial charge in [0.15, 0.2) is 0 Å². The molecule has 2 heterocycles. The van der Waals surface area contributed by atoms with E-state index in [0.717, 1.165) is 39.1 Å². The van der Waals surface area contributed by atoms with Crippen molar-refractivity contribution in [1.82, 2.24) is 14.7 Å². The monoisotopic (exact) mass is 443 g/mol. The molecule has 2 aliphatic rings. The minimum Gasteiger partial charge on any atom is -0.338 e. The SMILES string of the molecule is CC(C)CC1SCC(C(=O)N2CCN(C/C=C/c3ccccc3)CC2)N1C(=O)C(C)C. The average Bonchev–Trinajstić information content (AvgIpc) is 3.16. The van der Waals surface area contributed by atoms with E-state index < -0.39 is 0 Å². The van der Waals surface area contributed by atoms with Gasteiger partial charge in [-0.3, -0.25) is 14.5 Å². The van der Waals surface area contributed by atoms with Gasteiger partial charge in [0.1, 0.15) is 6.04 Å². The standard InChI is InChI=1S/C25H37N3O2S/c1-19(2)17-23-28(24(29)20(3)4)22(18-31-23)25(30)27-15-13-26(14-16-27)12-8-11-21-9-6-5-7-10-21/h5-11,19-20,22-23H,12-18H2,1-4H3/b11-8+. The molecule has 0 spiro atoms. The molecule has 2 saturated heterocycles. The Morgan fingerprint density at radius 2 is 1.74 bits per heavy atom. The van der Waals surface area contributed by atoms with Crippen LogP contribution in [0.4, 0.5) is 0 Å². The Balaban J connectivity index is 1.55. The third-order valence-corrected chi connectivity index (χ3v) is 7.27. The van der Waals surface area contributed by atoms with Crippen LogP contribution < -0.4 is 0 Å². The van der Waals surface area contributed by atoms with Crippen molar-refractivity contribution in [2.45, 2.75) is 45.5 Å². The van der Waals surface area contributed by atoms with Crippen LogP contribution in [0.2, 0.25) is 0 Å². The molecule has 31 heavy (non-hydrogen) atoms. The number of carbonyl (C=O) groups excluding carboxylic acids is 2. The van der Waals surface area contributed by atoms with Crippen LogP contribution in [0, 0.1) is 11.8 Å². The highest BCUT2D eigenvalue weighted by molar-refractivity contribution is 8.00. The van der Waals surface area contributed by atoms with Gasteiger partial charge in [-0.05, 0) is 17.9 Å². The fourth-order valence-corrected chi connectivity index (χ4v) is 5.84. The summed E-state index contributed by atoms with van der Waals surface area (Å²) in [6.45, 7) is 12.3. The molecule has 170 valence electrons. The first-order chi connectivity index (χ1) is 14.9. The number of carbonyl (C=O) groups is 2. The highest BCUT2D eigenvalue weighted by atomic mass is 32.2. The van der Waals surface area contributed by atoms with Crippen LogP contribution in [0.3, 0.4) is 0 Å². The Labute approximate surface area is 191 Å². The quantitative estimate of drug-likeness (QED) is 0.643. The Hall–Kier alpha value is -1.79. The normalized spacial score (nSPS) is 22.8. The van der Waals surface area contributed by atoms with Crippen molar-refractivity contribution >= 4 is 29.7 Å². The lowest BCUT2D eigenvalue weighted by Gasteiger charge is -2.38. The van der Waals surface area contributed by atoms with Crippen LogP contribution >= 0.6 is 11.8 Å². The fourth-order valence-electron chi connectivity index (χ4n) is 4.20. The topological polar surface area (TPSA) is 43.9 Å². The summed E-state index contributed by atoms with van der Waals surface area (Å²) in [5.41, 5.74) is 1.21. The van der Waals surface area contributed by atoms with Crippen molar-refractivity contribution in [2.75, 3.05) is 38.5 Å². The van der Waals surface area contributed by atoms with Crippen LogP contribution in [0.15, 0.2) is 36.4 Å². The van der Waals surface area contributed by atoms with Gasteiger partial charge >= 0.3 is 0 Å². The van der Waals surface area contributed by atoms with Crippen molar-refractivity contribution in [1.29, 1.82) is 0 Å². The summed E-state index contributed by atoms with van der Waals surface area (Å²) in [5.74, 6) is 1.37. The zero-order valence-corrected chi connectivity index (χ0v) is 20.2. The predicted octanol–water partition coefficient (Wildman–Crippen LogP) is 3.82. The molecule has 1 aromatic carbocycles. The predicted molar refractivity (Wildman–Crippen MR) is 130 cm³/mol. The molecule has 1 aromatic rings. The summed E-state index contributed by atoms with van der Waals surface area (Å²) in [4.78, 5) is 32.6. The van der Waals surface area contributed by atoms with E-state index in [9.17, 15) is 9.59 Å². The third-order valence-electron chi connectivity index (χ3n) is 5.96. The lowest BCUT2D eigenvalue weighted by atomic mass is 10.1. The van der Waals surface area contributed by atoms with Crippen molar-refractivity contribution < 1.29 is 9.59 Å². The lowest BCUT2D eigenvalue weighted by molar-refractivity contribution is -0.147. The van der Waals surface area contributed by atoms with Gasteiger partial charge in [0.2, 0.25) is 11.8 Å². The summed E-state index contributed by atoms with van der Waals surface area (Å²) < 4.78 is 0. The van der Waals surface area contributed by atoms with Gasteiger partial charge < -0.3 is 9.80 Å². The van der Waals surface area contributed by atoms with Crippen LogP contribution in [-0.4, -0.2) is 76.4 Å². The van der Waals surface area contributed by atoms with E-state index in [1.807, 2.05) is 41.8 Å². The average molecular weight is 444 g/mol. The first kappa shape index (κ1) is 23.9. The maximum absolute atomic E-state index is 13.4. The Morgan fingerprint density at radius 1 is 1.06 bits per heavy atom. The van der Waals surface area contributed by atoms with E-state index in [-0.39, 0.29) is 29.1 Å². The molecule has 0 aliphatic carbocycles. The zero-order chi connectivity index (χ0) is 22.4. The molecule has 5 nitrogen and oxygen atoms in total. The summed E-state index contributed by atoms with van der Waals surface area (Å²) in [7, 11) is 0. The summed E-state index contributed by atoms with van der Waals surface area (Å²) in [6.07, 6.45) is 5.28. The second-order valence-electron chi connectivity index (χ2n) is 9.27. The van der Waals surface area contributed by atoms with Gasteiger partial charge in [0.05, 0.1) is 5.37 Å². The minimum absolute atomic E-state index is 0.0862. The number of thioether (sulfide) groups is 1. The molecule has 0 N–H and O–H groups in total. The van der Waals surface area contributed by atoms with E-state index >= 15 is 0 Å². The van der Waals surface area contributed by atoms with Crippen molar-refractivity contribution in [2.24, 2.45) is 11.8 Å². The fraction of sp³-hybridized carbons (Fsp3) is 0.600. The number of hydrogen-bond acceptors (Lipinski definition) is 4. The second kappa shape index (κ2) is 11.2. The highest BCUT2D eigenvalue weighted by Gasteiger charge is 2.43. The summed E-state index contributed by atoms with van der Waals surface area (Å²) in [5, 5.41) is 0.119. The van der Waals surface area contributed by atoms with Crippen molar-refractivity contribution in [3.8, 4) is 0 Å². The first-order valence-corrected chi connectivity index (χ1v) is 12.6. The van der Waals surface area contributed by atoms with E-state index in [4.69, 9.17) is 0 Å². The zero-order valence-electron chi connectivity index (χ0n) is 19.4. The van der Waals surface area contributed by atoms with Crippen LogP contribution in [-0.2, 0) is 9.59 Å². The largest absolute Gasteiger partial charge is 0.338 e. The van der Waals surface area contributed by atoms with Gasteiger partial charge in [-0.15, -0.1) is 11.8 Å². The van der Waals surface area contributed by atoms with Gasteiger partial charge in [0, 0.05) is 44.4 Å². The minimum atomic E-state index is -0.312. The van der Waals surface area contributed by atoms with Gasteiger partial charge in [-0.1, -0.05) is 70.2 Å². The number of nitrogens with zero attached hydrogens (tertiary/aromatic N) is 3. The molecule has 6 heteroatoms. The van der Waals surface area contributed by atoms with E-state index in [2.05, 4.69) is 43.0 Å². The maximum atomic E-state index is 13.4. The molecule has 2 atom stereocenters. The number of hydrogen-bond donors (Lipinski definition) is 0. The first-order valence-electron chi connectivity index (χ1n) is 11.5. The smallest absolute Gasteiger partial charge is 0.246 e. The highest BCUT2D eigenvalue weighted by Crippen LogP contribution is 2.35. The van der Waals surface area contributed by atoms with Crippen molar-refractivity contribution in [3.05, 3.63) is 42.0 Å². The molecule has 0 aromatic heterocycles. The van der Waals surface area contributed by atoms with E-state index in [1.54, 1.807) is 11.8 Å². The molecule has 2 unspecified atom stereocenters. The van der Waals surface area contributed by atoms with Crippen molar-refractivity contribution in [3.63, 3.8) is 0 Å². The number of piperazine rings is 1.